The number of carbonyl (C=O) groups is 12. The molecule has 1 saturated heterocycles. The lowest BCUT2D eigenvalue weighted by Crippen LogP contribution is -2.60. The van der Waals surface area contributed by atoms with E-state index in [1.54, 1.807) is 89.2 Å². The van der Waals surface area contributed by atoms with E-state index in [1.165, 1.54) is 34.0 Å². The molecule has 3 heterocycles. The van der Waals surface area contributed by atoms with Crippen molar-refractivity contribution in [3.63, 3.8) is 0 Å². The molecular formula is C87H138N16O20S2. The summed E-state index contributed by atoms with van der Waals surface area (Å²) in [5, 5.41) is 46.3. The number of alkyl carbamates (subject to hydrolysis) is 1. The Bertz CT molecular complexity index is 4100. The van der Waals surface area contributed by atoms with Gasteiger partial charge in [0.15, 0.2) is 5.88 Å². The van der Waals surface area contributed by atoms with Crippen LogP contribution >= 0.6 is 23.1 Å². The van der Waals surface area contributed by atoms with Gasteiger partial charge in [-0.2, -0.15) is 0 Å². The first-order valence-corrected chi connectivity index (χ1v) is 44.7. The van der Waals surface area contributed by atoms with Crippen LogP contribution in [-0.4, -0.2) is 245 Å². The summed E-state index contributed by atoms with van der Waals surface area (Å²) >= 11 is 2.45. The molecule has 2 aromatic heterocycles. The van der Waals surface area contributed by atoms with Crippen LogP contribution in [0, 0.1) is 29.6 Å². The van der Waals surface area contributed by atoms with E-state index in [-0.39, 0.29) is 141 Å². The first-order valence-electron chi connectivity index (χ1n) is 42.8. The monoisotopic (exact) mass is 1790 g/mol. The number of unbranched alkanes of at least 4 members (excludes halogenated alkanes) is 2. The fraction of sp³-hybridized carbons (Fsp3) is 0.644. The molecule has 0 aliphatic carbocycles. The number of likely N-dealkylation sites (N-methyl/N-ethyl adjacent to an activating group) is 2. The average Bonchev–Trinajstić information content (AvgIpc) is 1.80. The van der Waals surface area contributed by atoms with Gasteiger partial charge in [0.25, 0.3) is 0 Å². The Balaban J connectivity index is 1.06. The number of hydrogen-bond donors (Lipinski definition) is 13. The molecule has 16 N–H and O–H groups in total. The van der Waals surface area contributed by atoms with Crippen molar-refractivity contribution in [2.45, 2.75) is 263 Å². The molecule has 698 valence electrons. The Morgan fingerprint density at radius 2 is 1.42 bits per heavy atom. The fourth-order valence-electron chi connectivity index (χ4n) is 14.8. The van der Waals surface area contributed by atoms with Gasteiger partial charge in [-0.15, -0.1) is 23.1 Å². The number of anilines is 1. The van der Waals surface area contributed by atoms with Crippen LogP contribution in [-0.2, 0) is 96.0 Å². The van der Waals surface area contributed by atoms with E-state index in [9.17, 15) is 67.7 Å². The highest BCUT2D eigenvalue weighted by atomic mass is 32.2. The molecule has 5 rings (SSSR count). The lowest BCUT2D eigenvalue weighted by molar-refractivity contribution is -0.148. The predicted octanol–water partition coefficient (Wildman–Crippen LogP) is 6.82. The zero-order chi connectivity index (χ0) is 93.0. The van der Waals surface area contributed by atoms with Crippen molar-refractivity contribution in [2.24, 2.45) is 47.0 Å². The van der Waals surface area contributed by atoms with E-state index >= 15 is 0 Å². The molecule has 13 amide bonds. The van der Waals surface area contributed by atoms with Crippen molar-refractivity contribution in [1.82, 2.24) is 61.5 Å². The Kier molecular flexibility index (Phi) is 44.4. The molecule has 36 nitrogen and oxygen atoms in total. The number of hydrogen-bond acceptors (Lipinski definition) is 24. The van der Waals surface area contributed by atoms with E-state index in [0.29, 0.717) is 69.2 Å². The molecule has 0 saturated carbocycles. The highest BCUT2D eigenvalue weighted by Crippen LogP contribution is 2.37. The molecule has 0 radical (unpaired) electrons. The van der Waals surface area contributed by atoms with Gasteiger partial charge in [-0.3, -0.25) is 57.4 Å². The quantitative estimate of drug-likeness (QED) is 0.0122. The number of ether oxygens (including phenoxy) is 5. The molecule has 0 spiro atoms. The molecule has 12 unspecified atom stereocenters. The van der Waals surface area contributed by atoms with Crippen molar-refractivity contribution in [3.8, 4) is 11.8 Å². The summed E-state index contributed by atoms with van der Waals surface area (Å²) < 4.78 is 31.3. The molecule has 4 aromatic rings. The van der Waals surface area contributed by atoms with Crippen molar-refractivity contribution < 1.29 is 96.3 Å². The van der Waals surface area contributed by atoms with E-state index in [0.717, 1.165) is 22.3 Å². The second-order valence-electron chi connectivity index (χ2n) is 34.1. The predicted molar refractivity (Wildman–Crippen MR) is 474 cm³/mol. The number of carbonyl (C=O) groups excluding carboxylic acids is 12. The number of nitrogens with zero attached hydrogens (tertiary/aromatic N) is 5. The summed E-state index contributed by atoms with van der Waals surface area (Å²) in [6, 6.07) is 10.2. The number of aromatic nitrogens is 2. The number of thioether (sulfide) groups is 1. The standard InChI is InChI=1S/C87H138N16O20S2/c1-18-55(8)74(64(118-16)46-69(107)102-41-26-30-63(102)75(119-17)56(9)77(110)96-61(81-91-39-44-124-81)45-57-27-21-19-22-28-57)101(15)83(115)72(53(4)5)98-80(113)73(54(6)7)100(14)68(106)36-42-120-43-37-87(12,13)122-51-86(10,11)99-85(117)121-48-58-32-34-59(35-33-58)93-78(111)60(29-25-38-92-84(89)116)95-79(112)71(52(2)3)97-66(104)31-23-20-24-40-103-70(108)47-65(82(103)114)125-50-62(76(88)109)94-67(105)49-123-90/h19,21-22,27-28,32-35,39,44,47,52-56,60-64,71-75,108,114H,18,20,23-26,29-31,36-38,40-43,45-46,48-51,90H2,1-17H3,(H2,88,109)(H,93,111)(H,94,105)(H,95,112)(H,96,110)(H,97,104)(H,98,113)(H,99,117)(H3,89,92,116). The van der Waals surface area contributed by atoms with Gasteiger partial charge in [-0.1, -0.05) is 118 Å². The molecule has 125 heavy (non-hydrogen) atoms. The van der Waals surface area contributed by atoms with E-state index < -0.39 is 132 Å². The third-order valence-corrected chi connectivity index (χ3v) is 24.2. The second-order valence-corrected chi connectivity index (χ2v) is 36.1. The maximum absolute atomic E-state index is 14.9. The number of nitrogens with two attached hydrogens (primary N) is 3. The normalized spacial score (nSPS) is 15.6. The Morgan fingerprint density at radius 3 is 2.03 bits per heavy atom. The van der Waals surface area contributed by atoms with Crippen molar-refractivity contribution in [2.75, 3.05) is 78.9 Å². The highest BCUT2D eigenvalue weighted by Gasteiger charge is 2.45. The molecular weight excluding hydrogens is 1650 g/mol. The lowest BCUT2D eigenvalue weighted by atomic mass is 9.89. The van der Waals surface area contributed by atoms with Gasteiger partial charge in [0.2, 0.25) is 65.0 Å². The smallest absolute Gasteiger partial charge is 0.407 e. The van der Waals surface area contributed by atoms with Crippen LogP contribution in [0.2, 0.25) is 0 Å². The number of rotatable bonds is 56. The Morgan fingerprint density at radius 1 is 0.736 bits per heavy atom. The van der Waals surface area contributed by atoms with Gasteiger partial charge in [0, 0.05) is 90.1 Å². The maximum atomic E-state index is 14.9. The summed E-state index contributed by atoms with van der Waals surface area (Å²) in [6.45, 7) is 24.3. The summed E-state index contributed by atoms with van der Waals surface area (Å²) in [4.78, 5) is 175. The number of likely N-dealkylation sites (tertiary alicyclic amines) is 1. The molecule has 1 fully saturated rings. The van der Waals surface area contributed by atoms with Crippen LogP contribution in [0.5, 0.6) is 11.8 Å². The molecule has 2 aromatic carbocycles. The minimum atomic E-state index is -1.13. The molecule has 0 bridgehead atoms. The van der Waals surface area contributed by atoms with Crippen LogP contribution in [0.3, 0.4) is 0 Å². The topological polar surface area (TPSA) is 503 Å². The van der Waals surface area contributed by atoms with Gasteiger partial charge in [-0.25, -0.2) is 20.5 Å². The maximum Gasteiger partial charge on any atom is 0.407 e. The number of thiazole rings is 1. The molecule has 1 aliphatic heterocycles. The number of nitrogens with one attached hydrogen (secondary N) is 8. The molecule has 38 heteroatoms. The third kappa shape index (κ3) is 34.5. The summed E-state index contributed by atoms with van der Waals surface area (Å²) in [5.41, 5.74) is 11.0. The highest BCUT2D eigenvalue weighted by molar-refractivity contribution is 7.99. The Labute approximate surface area is 743 Å². The van der Waals surface area contributed by atoms with E-state index in [4.69, 9.17) is 41.0 Å². The summed E-state index contributed by atoms with van der Waals surface area (Å²) in [5.74, 6) is -2.44. The van der Waals surface area contributed by atoms with Gasteiger partial charge in [0.05, 0.1) is 78.3 Å². The zero-order valence-electron chi connectivity index (χ0n) is 75.7. The number of methoxy groups -OCH3 is 2. The number of urea groups is 1. The van der Waals surface area contributed by atoms with Crippen LogP contribution < -0.4 is 59.9 Å². The van der Waals surface area contributed by atoms with E-state index in [1.807, 2.05) is 98.0 Å². The van der Waals surface area contributed by atoms with E-state index in [2.05, 4.69) is 52.4 Å². The first kappa shape index (κ1) is 106. The summed E-state index contributed by atoms with van der Waals surface area (Å²) in [7, 11) is 6.32. The SMILES string of the molecule is CCC(C)C(C(CC(=O)N1CCCC1C(OC)C(C)C(=O)NC(Cc1ccccc1)c1nccs1)OC)N(C)C(=O)C(NC(=O)C(C(C)C)N(C)C(=O)CCOCCC(C)(C)OCC(C)(C)NC(=O)OCc1ccc(NC(=O)C(CCCNC(N)=O)NC(=O)C(NC(=O)CCCCCn2c(O)cc(SCC(NC(=O)CON)C(N)=O)c2O)C(C)C)cc1)C(C)C. The number of amides is 13. The fourth-order valence-corrected chi connectivity index (χ4v) is 16.5. The summed E-state index contributed by atoms with van der Waals surface area (Å²) in [6.07, 6.45) is 4.04. The van der Waals surface area contributed by atoms with Crippen molar-refractivity contribution in [1.29, 1.82) is 0 Å². The largest absolute Gasteiger partial charge is 0.494 e. The average molecular weight is 1790 g/mol. The molecule has 1 aliphatic rings. The van der Waals surface area contributed by atoms with Gasteiger partial charge in [0.1, 0.15) is 48.4 Å². The Hall–Kier alpha value is -9.70. The minimum absolute atomic E-state index is 0.0267. The van der Waals surface area contributed by atoms with Crippen LogP contribution in [0.1, 0.15) is 189 Å². The zero-order valence-corrected chi connectivity index (χ0v) is 77.3. The number of benzene rings is 2. The molecule has 12 atom stereocenters. The number of primary amides is 2. The van der Waals surface area contributed by atoms with Crippen LogP contribution in [0.15, 0.2) is 77.1 Å². The number of aromatic hydroxyl groups is 2. The lowest BCUT2D eigenvalue weighted by Gasteiger charge is -2.41. The minimum Gasteiger partial charge on any atom is -0.494 e. The van der Waals surface area contributed by atoms with Crippen LogP contribution in [0.4, 0.5) is 15.3 Å². The third-order valence-electron chi connectivity index (χ3n) is 22.2. The van der Waals surface area contributed by atoms with Gasteiger partial charge in [-0.05, 0) is 126 Å². The van der Waals surface area contributed by atoms with Crippen LogP contribution in [0.25, 0.3) is 0 Å². The van der Waals surface area contributed by atoms with Gasteiger partial charge >= 0.3 is 12.1 Å². The second kappa shape index (κ2) is 52.4. The first-order chi connectivity index (χ1) is 59.1. The van der Waals surface area contributed by atoms with Crippen molar-refractivity contribution in [3.05, 3.63) is 88.4 Å². The van der Waals surface area contributed by atoms with Crippen molar-refractivity contribution >= 4 is 100.0 Å². The van der Waals surface area contributed by atoms with Gasteiger partial charge < -0.3 is 103 Å².